The van der Waals surface area contributed by atoms with Crippen LogP contribution in [0.3, 0.4) is 0 Å². The van der Waals surface area contributed by atoms with Crippen molar-refractivity contribution in [1.29, 1.82) is 0 Å². The summed E-state index contributed by atoms with van der Waals surface area (Å²) < 4.78 is 44.6. The molecule has 2 saturated carbocycles. The SMILES string of the molecule is CCCOc1ccc(CO[C@H]2[C@H]3OC4(CCCCC4)O[C@@H]3O[C@@H]2[C@H]2COC3(CCCCC3)O2)cc1. The first kappa shape index (κ1) is 24.1. The van der Waals surface area contributed by atoms with Crippen molar-refractivity contribution < 1.29 is 33.2 Å². The largest absolute Gasteiger partial charge is 0.494 e. The first-order valence-corrected chi connectivity index (χ1v) is 13.8. The smallest absolute Gasteiger partial charge is 0.190 e. The van der Waals surface area contributed by atoms with Crippen LogP contribution in [0.25, 0.3) is 0 Å². The normalized spacial score (nSPS) is 35.5. The molecule has 0 radical (unpaired) electrons. The summed E-state index contributed by atoms with van der Waals surface area (Å²) in [5.74, 6) is -0.0793. The maximum atomic E-state index is 6.62. The molecule has 194 valence electrons. The Bertz CT molecular complexity index is 830. The van der Waals surface area contributed by atoms with Gasteiger partial charge in [-0.15, -0.1) is 0 Å². The third-order valence-corrected chi connectivity index (χ3v) is 8.20. The molecule has 5 fully saturated rings. The van der Waals surface area contributed by atoms with E-state index in [1.807, 2.05) is 12.1 Å². The highest BCUT2D eigenvalue weighted by Gasteiger charge is 2.61. The Morgan fingerprint density at radius 2 is 1.54 bits per heavy atom. The van der Waals surface area contributed by atoms with E-state index in [2.05, 4.69) is 19.1 Å². The second-order valence-electron chi connectivity index (χ2n) is 10.8. The van der Waals surface area contributed by atoms with Crippen LogP contribution in [0.2, 0.25) is 0 Å². The molecule has 0 N–H and O–H groups in total. The quantitative estimate of drug-likeness (QED) is 0.520. The summed E-state index contributed by atoms with van der Waals surface area (Å²) in [6, 6.07) is 8.14. The van der Waals surface area contributed by atoms with Crippen LogP contribution in [0.1, 0.15) is 83.1 Å². The minimum Gasteiger partial charge on any atom is -0.494 e. The highest BCUT2D eigenvalue weighted by Crippen LogP contribution is 2.48. The molecule has 1 aromatic carbocycles. The average molecular weight is 489 g/mol. The van der Waals surface area contributed by atoms with Crippen molar-refractivity contribution in [2.24, 2.45) is 0 Å². The van der Waals surface area contributed by atoms with Crippen molar-refractivity contribution >= 4 is 0 Å². The van der Waals surface area contributed by atoms with Crippen LogP contribution in [0.5, 0.6) is 5.75 Å². The molecule has 3 heterocycles. The van der Waals surface area contributed by atoms with Gasteiger partial charge in [-0.25, -0.2) is 0 Å². The van der Waals surface area contributed by atoms with Gasteiger partial charge >= 0.3 is 0 Å². The molecule has 3 saturated heterocycles. The van der Waals surface area contributed by atoms with E-state index in [0.29, 0.717) is 13.2 Å². The van der Waals surface area contributed by atoms with Crippen molar-refractivity contribution in [2.45, 2.75) is 126 Å². The maximum Gasteiger partial charge on any atom is 0.190 e. The summed E-state index contributed by atoms with van der Waals surface area (Å²) in [5, 5.41) is 0. The molecule has 2 spiro atoms. The van der Waals surface area contributed by atoms with Gasteiger partial charge in [-0.1, -0.05) is 31.9 Å². The van der Waals surface area contributed by atoms with Crippen LogP contribution in [0.4, 0.5) is 0 Å². The Morgan fingerprint density at radius 3 is 2.26 bits per heavy atom. The van der Waals surface area contributed by atoms with E-state index in [9.17, 15) is 0 Å². The van der Waals surface area contributed by atoms with Crippen LogP contribution in [0.15, 0.2) is 24.3 Å². The van der Waals surface area contributed by atoms with Gasteiger partial charge in [0.25, 0.3) is 0 Å². The Labute approximate surface area is 208 Å². The van der Waals surface area contributed by atoms with Crippen LogP contribution in [0, 0.1) is 0 Å². The molecule has 35 heavy (non-hydrogen) atoms. The first-order chi connectivity index (χ1) is 17.2. The molecule has 0 aromatic heterocycles. The minimum atomic E-state index is -0.518. The Morgan fingerprint density at radius 1 is 0.829 bits per heavy atom. The van der Waals surface area contributed by atoms with Crippen molar-refractivity contribution in [3.05, 3.63) is 29.8 Å². The van der Waals surface area contributed by atoms with Gasteiger partial charge in [0.15, 0.2) is 17.9 Å². The van der Waals surface area contributed by atoms with Gasteiger partial charge in [-0.05, 0) is 49.8 Å². The van der Waals surface area contributed by atoms with Gasteiger partial charge in [0.1, 0.15) is 30.2 Å². The van der Waals surface area contributed by atoms with Crippen molar-refractivity contribution in [1.82, 2.24) is 0 Å². The molecule has 5 aliphatic rings. The third kappa shape index (κ3) is 5.00. The highest BCUT2D eigenvalue weighted by atomic mass is 16.9. The average Bonchev–Trinajstić information content (AvgIpc) is 3.54. The van der Waals surface area contributed by atoms with E-state index in [1.54, 1.807) is 0 Å². The molecular formula is C28H40O7. The minimum absolute atomic E-state index is 0.178. The molecule has 7 heteroatoms. The fourth-order valence-electron chi connectivity index (χ4n) is 6.36. The van der Waals surface area contributed by atoms with Crippen LogP contribution in [-0.2, 0) is 35.0 Å². The van der Waals surface area contributed by atoms with Crippen LogP contribution >= 0.6 is 0 Å². The summed E-state index contributed by atoms with van der Waals surface area (Å²) in [4.78, 5) is 0. The van der Waals surface area contributed by atoms with Crippen LogP contribution < -0.4 is 4.74 Å². The zero-order valence-corrected chi connectivity index (χ0v) is 21.0. The zero-order valence-electron chi connectivity index (χ0n) is 21.0. The highest BCUT2D eigenvalue weighted by molar-refractivity contribution is 5.27. The Balaban J connectivity index is 1.15. The van der Waals surface area contributed by atoms with Gasteiger partial charge in [-0.2, -0.15) is 0 Å². The molecule has 6 rings (SSSR count). The van der Waals surface area contributed by atoms with Crippen LogP contribution in [-0.4, -0.2) is 55.5 Å². The fraction of sp³-hybridized carbons (Fsp3) is 0.786. The maximum absolute atomic E-state index is 6.62. The number of benzene rings is 1. The Hall–Kier alpha value is -1.22. The number of fused-ring (bicyclic) bond motifs is 1. The van der Waals surface area contributed by atoms with Gasteiger partial charge in [0, 0.05) is 25.7 Å². The van der Waals surface area contributed by atoms with E-state index >= 15 is 0 Å². The topological polar surface area (TPSA) is 64.6 Å². The lowest BCUT2D eigenvalue weighted by Gasteiger charge is -2.35. The predicted octanol–water partition coefficient (Wildman–Crippen LogP) is 5.24. The molecule has 0 amide bonds. The standard InChI is InChI=1S/C28H40O7/c1-2-17-29-21-11-9-20(10-12-21)18-30-24-23(22-19-31-27(33-22)13-5-3-6-14-27)32-26-25(24)34-28(35-26)15-7-4-8-16-28/h9-12,22-26H,2-8,13-19H2,1H3/t22-,23-,24-,25-,26+/m1/s1. The zero-order chi connectivity index (χ0) is 23.7. The van der Waals surface area contributed by atoms with Crippen molar-refractivity contribution in [2.75, 3.05) is 13.2 Å². The van der Waals surface area contributed by atoms with E-state index in [0.717, 1.165) is 75.7 Å². The van der Waals surface area contributed by atoms with Crippen molar-refractivity contribution in [3.63, 3.8) is 0 Å². The number of rotatable bonds is 7. The monoisotopic (exact) mass is 488 g/mol. The molecule has 0 bridgehead atoms. The number of ether oxygens (including phenoxy) is 7. The van der Waals surface area contributed by atoms with Gasteiger partial charge < -0.3 is 33.2 Å². The molecule has 3 aliphatic heterocycles. The number of hydrogen-bond acceptors (Lipinski definition) is 7. The molecule has 0 unspecified atom stereocenters. The first-order valence-electron chi connectivity index (χ1n) is 13.8. The van der Waals surface area contributed by atoms with E-state index in [4.69, 9.17) is 33.2 Å². The summed E-state index contributed by atoms with van der Waals surface area (Å²) in [6.45, 7) is 3.83. The summed E-state index contributed by atoms with van der Waals surface area (Å²) >= 11 is 0. The third-order valence-electron chi connectivity index (χ3n) is 8.20. The summed E-state index contributed by atoms with van der Waals surface area (Å²) in [7, 11) is 0. The van der Waals surface area contributed by atoms with Gasteiger partial charge in [-0.3, -0.25) is 0 Å². The molecule has 2 aliphatic carbocycles. The van der Waals surface area contributed by atoms with Gasteiger partial charge in [0.05, 0.1) is 19.8 Å². The lowest BCUT2D eigenvalue weighted by Crippen LogP contribution is -2.45. The fourth-order valence-corrected chi connectivity index (χ4v) is 6.36. The lowest BCUT2D eigenvalue weighted by atomic mass is 9.94. The van der Waals surface area contributed by atoms with E-state index in [-0.39, 0.29) is 24.4 Å². The van der Waals surface area contributed by atoms with Gasteiger partial charge in [0.2, 0.25) is 0 Å². The van der Waals surface area contributed by atoms with E-state index in [1.165, 1.54) is 12.8 Å². The molecule has 1 aromatic rings. The molecular weight excluding hydrogens is 448 g/mol. The summed E-state index contributed by atoms with van der Waals surface area (Å²) in [5.41, 5.74) is 1.09. The molecule has 5 atom stereocenters. The lowest BCUT2D eigenvalue weighted by molar-refractivity contribution is -0.263. The second kappa shape index (κ2) is 10.3. The Kier molecular flexibility index (Phi) is 7.08. The second-order valence-corrected chi connectivity index (χ2v) is 10.8. The van der Waals surface area contributed by atoms with E-state index < -0.39 is 17.9 Å². The molecule has 7 nitrogen and oxygen atoms in total. The summed E-state index contributed by atoms with van der Waals surface area (Å²) in [6.07, 6.45) is 10.4. The number of hydrogen-bond donors (Lipinski definition) is 0. The predicted molar refractivity (Wildman–Crippen MR) is 128 cm³/mol. The van der Waals surface area contributed by atoms with Crippen molar-refractivity contribution in [3.8, 4) is 5.75 Å².